The summed E-state index contributed by atoms with van der Waals surface area (Å²) in [6.07, 6.45) is 0.353. The molecule has 0 aromatic heterocycles. The van der Waals surface area contributed by atoms with E-state index in [9.17, 15) is 26.4 Å². The molecule has 0 fully saturated rings. The van der Waals surface area contributed by atoms with Gasteiger partial charge >= 0.3 is 22.5 Å². The topological polar surface area (TPSA) is 106 Å². The van der Waals surface area contributed by atoms with E-state index < -0.39 is 28.3 Å². The van der Waals surface area contributed by atoms with Crippen LogP contribution in [0.1, 0.15) is 13.3 Å². The summed E-state index contributed by atoms with van der Waals surface area (Å²) in [4.78, 5) is 12.3. The molecule has 0 radical (unpaired) electrons. The first-order valence-electron chi connectivity index (χ1n) is 10.6. The number of nitrogens with one attached hydrogen (secondary N) is 2. The average molecular weight is 578 g/mol. The predicted molar refractivity (Wildman–Crippen MR) is 135 cm³/mol. The zero-order valence-corrected chi connectivity index (χ0v) is 21.4. The SMILES string of the molecule is CCS(=O)(=O)ON=C1C=CC(CNC(=O)Nc2cc(Cl)c(-c3ccccc3OC(F)(F)F)c(Cl)c2)=CC1. The number of urea groups is 1. The van der Waals surface area contributed by atoms with Crippen LogP contribution in [0, 0.1) is 0 Å². The molecule has 0 heterocycles. The van der Waals surface area contributed by atoms with Crippen LogP contribution in [0.4, 0.5) is 23.7 Å². The highest BCUT2D eigenvalue weighted by molar-refractivity contribution is 7.86. The normalized spacial score (nSPS) is 14.8. The quantitative estimate of drug-likeness (QED) is 0.359. The molecule has 2 aromatic carbocycles. The fourth-order valence-electron chi connectivity index (χ4n) is 3.08. The van der Waals surface area contributed by atoms with Gasteiger partial charge in [0, 0.05) is 29.8 Å². The van der Waals surface area contributed by atoms with Gasteiger partial charge in [0.05, 0.1) is 21.5 Å². The molecule has 0 saturated carbocycles. The van der Waals surface area contributed by atoms with Crippen molar-refractivity contribution in [1.82, 2.24) is 5.32 Å². The molecular formula is C23H20Cl2F3N3O5S. The minimum Gasteiger partial charge on any atom is -0.405 e. The maximum absolute atomic E-state index is 12.8. The number of oxime groups is 1. The van der Waals surface area contributed by atoms with E-state index in [1.54, 1.807) is 18.2 Å². The lowest BCUT2D eigenvalue weighted by molar-refractivity contribution is -0.274. The second kappa shape index (κ2) is 11.9. The van der Waals surface area contributed by atoms with Crippen molar-refractivity contribution in [3.8, 4) is 16.9 Å². The Bertz CT molecular complexity index is 1350. The third-order valence-corrected chi connectivity index (χ3v) is 6.42. The van der Waals surface area contributed by atoms with Gasteiger partial charge in [0.25, 0.3) is 0 Å². The molecule has 198 valence electrons. The molecule has 2 N–H and O–H groups in total. The van der Waals surface area contributed by atoms with Crippen LogP contribution in [0.25, 0.3) is 11.1 Å². The number of hydrogen-bond donors (Lipinski definition) is 2. The van der Waals surface area contributed by atoms with Crippen LogP contribution in [0.5, 0.6) is 5.75 Å². The summed E-state index contributed by atoms with van der Waals surface area (Å²) in [5, 5.41) is 8.77. The zero-order valence-electron chi connectivity index (χ0n) is 19.1. The van der Waals surface area contributed by atoms with E-state index in [-0.39, 0.29) is 39.2 Å². The van der Waals surface area contributed by atoms with E-state index >= 15 is 0 Å². The van der Waals surface area contributed by atoms with Crippen molar-refractivity contribution in [2.75, 3.05) is 17.6 Å². The molecule has 8 nitrogen and oxygen atoms in total. The van der Waals surface area contributed by atoms with E-state index in [1.165, 1.54) is 37.3 Å². The van der Waals surface area contributed by atoms with Crippen LogP contribution >= 0.6 is 23.2 Å². The highest BCUT2D eigenvalue weighted by atomic mass is 35.5. The lowest BCUT2D eigenvalue weighted by Gasteiger charge is -2.16. The van der Waals surface area contributed by atoms with Crippen LogP contribution in [0.3, 0.4) is 0 Å². The van der Waals surface area contributed by atoms with Crippen molar-refractivity contribution in [3.63, 3.8) is 0 Å². The number of ether oxygens (including phenoxy) is 1. The first-order chi connectivity index (χ1) is 17.4. The number of hydrogen-bond acceptors (Lipinski definition) is 6. The van der Waals surface area contributed by atoms with Crippen molar-refractivity contribution < 1.29 is 35.4 Å². The van der Waals surface area contributed by atoms with Gasteiger partial charge in [-0.15, -0.1) is 13.2 Å². The number of halogens is 5. The standard InChI is InChI=1S/C23H20Cl2F3N3O5S/c1-2-37(33,34)36-31-15-9-7-14(8-10-15)13-29-22(32)30-16-11-18(24)21(19(25)12-16)17-5-3-4-6-20(17)35-23(26,27)28/h3-9,11-12H,2,10,13H2,1H3,(H2,29,30,32). The summed E-state index contributed by atoms with van der Waals surface area (Å²) < 4.78 is 69.6. The third kappa shape index (κ3) is 8.41. The Hall–Kier alpha value is -3.22. The van der Waals surface area contributed by atoms with Crippen LogP contribution in [0.15, 0.2) is 65.4 Å². The fraction of sp³-hybridized carbons (Fsp3) is 0.217. The Kier molecular flexibility index (Phi) is 9.11. The molecule has 0 aliphatic heterocycles. The van der Waals surface area contributed by atoms with Gasteiger partial charge in [-0.05, 0) is 36.8 Å². The maximum Gasteiger partial charge on any atom is 0.573 e. The first-order valence-corrected chi connectivity index (χ1v) is 12.9. The minimum atomic E-state index is -4.91. The van der Waals surface area contributed by atoms with Gasteiger partial charge in [0.15, 0.2) is 0 Å². The van der Waals surface area contributed by atoms with Crippen LogP contribution in [0.2, 0.25) is 10.0 Å². The van der Waals surface area contributed by atoms with Gasteiger partial charge in [-0.3, -0.25) is 4.28 Å². The Morgan fingerprint density at radius 2 is 1.81 bits per heavy atom. The van der Waals surface area contributed by atoms with Crippen molar-refractivity contribution in [2.45, 2.75) is 19.7 Å². The number of rotatable bonds is 8. The van der Waals surface area contributed by atoms with E-state index in [0.29, 0.717) is 12.1 Å². The van der Waals surface area contributed by atoms with Gasteiger partial charge in [0.2, 0.25) is 0 Å². The summed E-state index contributed by atoms with van der Waals surface area (Å²) in [5.74, 6) is -0.676. The molecule has 0 unspecified atom stereocenters. The molecule has 0 saturated heterocycles. The number of carbonyl (C=O) groups is 1. The van der Waals surface area contributed by atoms with Crippen molar-refractivity contribution >= 4 is 50.8 Å². The summed E-state index contributed by atoms with van der Waals surface area (Å²) >= 11 is 12.6. The van der Waals surface area contributed by atoms with Gasteiger partial charge in [0.1, 0.15) is 5.75 Å². The monoisotopic (exact) mass is 577 g/mol. The highest BCUT2D eigenvalue weighted by Crippen LogP contribution is 2.42. The smallest absolute Gasteiger partial charge is 0.405 e. The van der Waals surface area contributed by atoms with Crippen LogP contribution in [-0.4, -0.2) is 38.8 Å². The predicted octanol–water partition coefficient (Wildman–Crippen LogP) is 6.29. The molecule has 2 amide bonds. The average Bonchev–Trinajstić information content (AvgIpc) is 2.82. The molecule has 3 rings (SSSR count). The second-order valence-electron chi connectivity index (χ2n) is 7.49. The molecule has 2 aromatic rings. The molecule has 0 spiro atoms. The van der Waals surface area contributed by atoms with Crippen LogP contribution < -0.4 is 15.4 Å². The van der Waals surface area contributed by atoms with E-state index in [1.807, 2.05) is 0 Å². The third-order valence-electron chi connectivity index (χ3n) is 4.82. The molecule has 1 aliphatic carbocycles. The van der Waals surface area contributed by atoms with Gasteiger partial charge in [-0.25, -0.2) is 4.79 Å². The molecule has 37 heavy (non-hydrogen) atoms. The Labute approximate surface area is 220 Å². The maximum atomic E-state index is 12.8. The lowest BCUT2D eigenvalue weighted by Crippen LogP contribution is -2.30. The summed E-state index contributed by atoms with van der Waals surface area (Å²) in [6.45, 7) is 1.58. The summed E-state index contributed by atoms with van der Waals surface area (Å²) in [7, 11) is -3.70. The van der Waals surface area contributed by atoms with Crippen molar-refractivity contribution in [1.29, 1.82) is 0 Å². The number of nitrogens with zero attached hydrogens (tertiary/aromatic N) is 1. The Morgan fingerprint density at radius 3 is 2.41 bits per heavy atom. The van der Waals surface area contributed by atoms with Gasteiger partial charge < -0.3 is 15.4 Å². The number of carbonyl (C=O) groups excluding carboxylic acids is 1. The van der Waals surface area contributed by atoms with Gasteiger partial charge in [-0.1, -0.05) is 58.7 Å². The molecule has 14 heteroatoms. The van der Waals surface area contributed by atoms with E-state index in [0.717, 1.165) is 11.6 Å². The van der Waals surface area contributed by atoms with Crippen molar-refractivity contribution in [2.24, 2.45) is 5.16 Å². The number of amides is 2. The summed E-state index contributed by atoms with van der Waals surface area (Å²) in [6, 6.07) is 7.50. The molecule has 0 bridgehead atoms. The summed E-state index contributed by atoms with van der Waals surface area (Å²) in [5.41, 5.74) is 1.49. The molecular weight excluding hydrogens is 558 g/mol. The lowest BCUT2D eigenvalue weighted by atomic mass is 10.0. The van der Waals surface area contributed by atoms with Crippen LogP contribution in [-0.2, 0) is 14.4 Å². The molecule has 1 aliphatic rings. The van der Waals surface area contributed by atoms with Gasteiger partial charge in [-0.2, -0.15) is 8.42 Å². The number of anilines is 1. The number of allylic oxidation sites excluding steroid dienone is 2. The fourth-order valence-corrected chi connectivity index (χ4v) is 4.08. The zero-order chi connectivity index (χ0) is 27.2. The number of benzene rings is 2. The van der Waals surface area contributed by atoms with Crippen molar-refractivity contribution in [3.05, 3.63) is 70.2 Å². The Balaban J connectivity index is 1.63. The van der Waals surface area contributed by atoms with E-state index in [4.69, 9.17) is 23.2 Å². The first kappa shape index (κ1) is 28.4. The highest BCUT2D eigenvalue weighted by Gasteiger charge is 2.32. The minimum absolute atomic E-state index is 0.00179. The number of para-hydroxylation sites is 1. The second-order valence-corrected chi connectivity index (χ2v) is 10.1. The largest absolute Gasteiger partial charge is 0.573 e. The van der Waals surface area contributed by atoms with E-state index in [2.05, 4.69) is 24.8 Å². The molecule has 0 atom stereocenters. The Morgan fingerprint density at radius 1 is 1.14 bits per heavy atom. The number of alkyl halides is 3.